The van der Waals surface area contributed by atoms with E-state index >= 15 is 0 Å². The van der Waals surface area contributed by atoms with E-state index in [-0.39, 0.29) is 11.4 Å². The van der Waals surface area contributed by atoms with E-state index in [1.165, 1.54) is 25.3 Å². The van der Waals surface area contributed by atoms with Gasteiger partial charge in [-0.25, -0.2) is 0 Å². The number of rotatable bonds is 6. The summed E-state index contributed by atoms with van der Waals surface area (Å²) in [6.07, 6.45) is 0. The van der Waals surface area contributed by atoms with Crippen molar-refractivity contribution in [1.29, 1.82) is 0 Å². The fourth-order valence-corrected chi connectivity index (χ4v) is 1.72. The third-order valence-electron chi connectivity index (χ3n) is 2.65. The van der Waals surface area contributed by atoms with Crippen LogP contribution in [0, 0.1) is 10.1 Å². The lowest BCUT2D eigenvalue weighted by molar-refractivity contribution is -0.384. The number of nitro benzene ring substituents is 1. The summed E-state index contributed by atoms with van der Waals surface area (Å²) >= 11 is 0. The van der Waals surface area contributed by atoms with Crippen molar-refractivity contribution < 1.29 is 14.4 Å². The second-order valence-corrected chi connectivity index (χ2v) is 4.09. The quantitative estimate of drug-likeness (QED) is 0.649. The normalized spacial score (nSPS) is 10.0. The molecule has 2 rings (SSSR count). The van der Waals surface area contributed by atoms with Crippen LogP contribution in [0.4, 0.5) is 11.5 Å². The van der Waals surface area contributed by atoms with E-state index in [4.69, 9.17) is 9.47 Å². The molecule has 2 aromatic rings. The van der Waals surface area contributed by atoms with Gasteiger partial charge in [0.2, 0.25) is 5.88 Å². The molecule has 7 heteroatoms. The highest BCUT2D eigenvalue weighted by Crippen LogP contribution is 2.34. The molecule has 1 aromatic carbocycles. The first-order chi connectivity index (χ1) is 10.1. The summed E-state index contributed by atoms with van der Waals surface area (Å²) in [6.45, 7) is 2.69. The topological polar surface area (TPSA) is 86.5 Å². The van der Waals surface area contributed by atoms with Crippen molar-refractivity contribution in [3.05, 3.63) is 46.5 Å². The molecular weight excluding hydrogens is 274 g/mol. The lowest BCUT2D eigenvalue weighted by Gasteiger charge is -2.10. The minimum Gasteiger partial charge on any atom is -0.493 e. The molecule has 0 unspecified atom stereocenters. The lowest BCUT2D eigenvalue weighted by Crippen LogP contribution is -2.00. The van der Waals surface area contributed by atoms with Crippen molar-refractivity contribution in [3.8, 4) is 17.4 Å². The van der Waals surface area contributed by atoms with Crippen LogP contribution in [0.5, 0.6) is 17.4 Å². The summed E-state index contributed by atoms with van der Waals surface area (Å²) in [5.41, 5.74) is -0.0753. The Balaban J connectivity index is 2.31. The first kappa shape index (κ1) is 14.6. The fourth-order valence-electron chi connectivity index (χ4n) is 1.72. The molecule has 21 heavy (non-hydrogen) atoms. The number of aromatic nitrogens is 1. The van der Waals surface area contributed by atoms with Gasteiger partial charge in [-0.15, -0.1) is 0 Å². The third-order valence-corrected chi connectivity index (χ3v) is 2.65. The van der Waals surface area contributed by atoms with E-state index in [1.807, 2.05) is 6.92 Å². The minimum atomic E-state index is -0.491. The van der Waals surface area contributed by atoms with Crippen LogP contribution in [0.1, 0.15) is 6.92 Å². The smallest absolute Gasteiger partial charge is 0.273 e. The van der Waals surface area contributed by atoms with Crippen LogP contribution in [-0.2, 0) is 0 Å². The zero-order valence-electron chi connectivity index (χ0n) is 11.7. The standard InChI is InChI=1S/C14H15N3O4/c1-3-15-13-5-4-6-14(16-13)21-12-9-10(17(18)19)7-8-11(12)20-2/h4-9H,3H2,1-2H3,(H,15,16). The molecule has 0 saturated heterocycles. The molecule has 0 aliphatic carbocycles. The Kier molecular flexibility index (Phi) is 4.55. The van der Waals surface area contributed by atoms with Crippen molar-refractivity contribution in [2.45, 2.75) is 6.92 Å². The van der Waals surface area contributed by atoms with E-state index in [9.17, 15) is 10.1 Å². The van der Waals surface area contributed by atoms with Crippen LogP contribution in [0.2, 0.25) is 0 Å². The van der Waals surface area contributed by atoms with Crippen LogP contribution in [0.3, 0.4) is 0 Å². The molecule has 0 fully saturated rings. The number of pyridine rings is 1. The number of benzene rings is 1. The summed E-state index contributed by atoms with van der Waals surface area (Å²) < 4.78 is 10.7. The highest BCUT2D eigenvalue weighted by atomic mass is 16.6. The molecule has 1 N–H and O–H groups in total. The zero-order valence-corrected chi connectivity index (χ0v) is 11.7. The molecule has 7 nitrogen and oxygen atoms in total. The van der Waals surface area contributed by atoms with Gasteiger partial charge in [0.05, 0.1) is 18.1 Å². The molecule has 0 spiro atoms. The number of hydrogen-bond acceptors (Lipinski definition) is 6. The first-order valence-electron chi connectivity index (χ1n) is 6.35. The second kappa shape index (κ2) is 6.56. The number of methoxy groups -OCH3 is 1. The zero-order chi connectivity index (χ0) is 15.2. The van der Waals surface area contributed by atoms with E-state index < -0.39 is 4.92 Å². The van der Waals surface area contributed by atoms with Crippen molar-refractivity contribution in [1.82, 2.24) is 4.98 Å². The Bertz CT molecular complexity index is 646. The average Bonchev–Trinajstić information content (AvgIpc) is 2.48. The maximum atomic E-state index is 10.8. The van der Waals surface area contributed by atoms with E-state index in [0.29, 0.717) is 17.4 Å². The van der Waals surface area contributed by atoms with Crippen molar-refractivity contribution >= 4 is 11.5 Å². The number of ether oxygens (including phenoxy) is 2. The molecule has 0 atom stereocenters. The molecule has 0 bridgehead atoms. The van der Waals surface area contributed by atoms with Gasteiger partial charge in [-0.1, -0.05) is 6.07 Å². The van der Waals surface area contributed by atoms with Gasteiger partial charge in [0.1, 0.15) is 5.82 Å². The highest BCUT2D eigenvalue weighted by Gasteiger charge is 2.13. The van der Waals surface area contributed by atoms with Crippen LogP contribution in [0.15, 0.2) is 36.4 Å². The van der Waals surface area contributed by atoms with Gasteiger partial charge in [0.25, 0.3) is 5.69 Å². The van der Waals surface area contributed by atoms with Gasteiger partial charge in [0.15, 0.2) is 11.5 Å². The van der Waals surface area contributed by atoms with Crippen LogP contribution in [-0.4, -0.2) is 23.6 Å². The van der Waals surface area contributed by atoms with Gasteiger partial charge < -0.3 is 14.8 Å². The van der Waals surface area contributed by atoms with Gasteiger partial charge in [0, 0.05) is 18.7 Å². The first-order valence-corrected chi connectivity index (χ1v) is 6.35. The summed E-state index contributed by atoms with van der Waals surface area (Å²) in [5, 5.41) is 13.9. The van der Waals surface area contributed by atoms with E-state index in [2.05, 4.69) is 10.3 Å². The molecule has 0 aliphatic heterocycles. The van der Waals surface area contributed by atoms with Crippen LogP contribution in [0.25, 0.3) is 0 Å². The van der Waals surface area contributed by atoms with Crippen LogP contribution < -0.4 is 14.8 Å². The molecule has 0 aliphatic rings. The largest absolute Gasteiger partial charge is 0.493 e. The Labute approximate surface area is 121 Å². The predicted octanol–water partition coefficient (Wildman–Crippen LogP) is 3.22. The van der Waals surface area contributed by atoms with Crippen molar-refractivity contribution in [3.63, 3.8) is 0 Å². The van der Waals surface area contributed by atoms with Gasteiger partial charge in [-0.2, -0.15) is 4.98 Å². The highest BCUT2D eigenvalue weighted by molar-refractivity contribution is 5.50. The second-order valence-electron chi connectivity index (χ2n) is 4.09. The number of nitro groups is 1. The molecule has 0 saturated carbocycles. The van der Waals surface area contributed by atoms with Gasteiger partial charge in [-0.3, -0.25) is 10.1 Å². The summed E-state index contributed by atoms with van der Waals surface area (Å²) in [7, 11) is 1.47. The van der Waals surface area contributed by atoms with Gasteiger partial charge >= 0.3 is 0 Å². The fraction of sp³-hybridized carbons (Fsp3) is 0.214. The molecule has 0 radical (unpaired) electrons. The number of hydrogen-bond donors (Lipinski definition) is 1. The van der Waals surface area contributed by atoms with Gasteiger partial charge in [-0.05, 0) is 19.1 Å². The van der Waals surface area contributed by atoms with E-state index in [0.717, 1.165) is 6.54 Å². The molecule has 1 aromatic heterocycles. The Hall–Kier alpha value is -2.83. The summed E-state index contributed by atoms with van der Waals surface area (Å²) in [4.78, 5) is 14.6. The monoisotopic (exact) mass is 289 g/mol. The maximum Gasteiger partial charge on any atom is 0.273 e. The lowest BCUT2D eigenvalue weighted by atomic mass is 10.3. The van der Waals surface area contributed by atoms with E-state index in [1.54, 1.807) is 18.2 Å². The molecule has 1 heterocycles. The SMILES string of the molecule is CCNc1cccc(Oc2cc([N+](=O)[O-])ccc2OC)n1. The minimum absolute atomic E-state index is 0.0753. The third kappa shape index (κ3) is 3.59. The maximum absolute atomic E-state index is 10.8. The van der Waals surface area contributed by atoms with Crippen molar-refractivity contribution in [2.75, 3.05) is 19.0 Å². The number of nitrogens with zero attached hydrogens (tertiary/aromatic N) is 2. The van der Waals surface area contributed by atoms with Crippen LogP contribution >= 0.6 is 0 Å². The number of non-ortho nitro benzene ring substituents is 1. The Morgan fingerprint density at radius 3 is 2.76 bits per heavy atom. The summed E-state index contributed by atoms with van der Waals surface area (Å²) in [5.74, 6) is 1.63. The number of anilines is 1. The summed E-state index contributed by atoms with van der Waals surface area (Å²) in [6, 6.07) is 9.40. The average molecular weight is 289 g/mol. The number of nitrogens with one attached hydrogen (secondary N) is 1. The predicted molar refractivity (Wildman–Crippen MR) is 78.1 cm³/mol. The molecular formula is C14H15N3O4. The Morgan fingerprint density at radius 2 is 2.10 bits per heavy atom. The Morgan fingerprint density at radius 1 is 1.29 bits per heavy atom. The molecule has 110 valence electrons. The van der Waals surface area contributed by atoms with Crippen molar-refractivity contribution in [2.24, 2.45) is 0 Å². The molecule has 0 amide bonds.